The second-order valence-corrected chi connectivity index (χ2v) is 7.97. The smallest absolute Gasteiger partial charge is 0.193 e. The average Bonchev–Trinajstić information content (AvgIpc) is 3.42. The Morgan fingerprint density at radius 1 is 1.29 bits per heavy atom. The highest BCUT2D eigenvalue weighted by Crippen LogP contribution is 2.38. The number of nitrogens with zero attached hydrogens (tertiary/aromatic N) is 2. The summed E-state index contributed by atoms with van der Waals surface area (Å²) in [7, 11) is 0. The lowest BCUT2D eigenvalue weighted by molar-refractivity contribution is 0.156. The molecule has 3 heterocycles. The van der Waals surface area contributed by atoms with E-state index in [4.69, 9.17) is 9.73 Å². The van der Waals surface area contributed by atoms with Gasteiger partial charge < -0.3 is 19.9 Å². The number of H-pyrrole nitrogens is 1. The van der Waals surface area contributed by atoms with Crippen molar-refractivity contribution in [3.8, 4) is 0 Å². The van der Waals surface area contributed by atoms with Crippen LogP contribution in [0.5, 0.6) is 0 Å². The number of ether oxygens (including phenoxy) is 1. The minimum absolute atomic E-state index is 0. The number of guanidine groups is 1. The number of hydrogen-bond acceptors (Lipinski definition) is 2. The minimum Gasteiger partial charge on any atom is -0.381 e. The molecular weight excluding hydrogens is 463 g/mol. The molecule has 5 nitrogen and oxygen atoms in total. The number of rotatable bonds is 5. The third-order valence-electron chi connectivity index (χ3n) is 6.17. The van der Waals surface area contributed by atoms with Crippen molar-refractivity contribution in [2.24, 2.45) is 10.4 Å². The van der Waals surface area contributed by atoms with Crippen LogP contribution < -0.4 is 5.32 Å². The first-order valence-electron chi connectivity index (χ1n) is 10.4. The Morgan fingerprint density at radius 2 is 2.18 bits per heavy atom. The lowest BCUT2D eigenvalue weighted by atomic mass is 9.87. The molecule has 0 bridgehead atoms. The molecule has 2 aromatic rings. The van der Waals surface area contributed by atoms with Crippen molar-refractivity contribution in [2.45, 2.75) is 39.5 Å². The number of aryl methyl sites for hydroxylation is 1. The van der Waals surface area contributed by atoms with Crippen LogP contribution in [0.1, 0.15) is 37.8 Å². The zero-order valence-corrected chi connectivity index (χ0v) is 19.4. The Balaban J connectivity index is 0.00000225. The van der Waals surface area contributed by atoms with Crippen LogP contribution in [-0.2, 0) is 17.6 Å². The zero-order chi connectivity index (χ0) is 18.7. The number of aliphatic imine (C=N–C) groups is 1. The van der Waals surface area contributed by atoms with Gasteiger partial charge in [-0.2, -0.15) is 0 Å². The van der Waals surface area contributed by atoms with E-state index in [0.717, 1.165) is 58.2 Å². The summed E-state index contributed by atoms with van der Waals surface area (Å²) in [6.45, 7) is 10.1. The highest BCUT2D eigenvalue weighted by atomic mass is 127. The van der Waals surface area contributed by atoms with E-state index < -0.39 is 0 Å². The van der Waals surface area contributed by atoms with Crippen molar-refractivity contribution in [3.63, 3.8) is 0 Å². The molecule has 2 fully saturated rings. The first kappa shape index (κ1) is 21.4. The Kier molecular flexibility index (Phi) is 7.25. The molecular formula is C22H33IN4O. The van der Waals surface area contributed by atoms with E-state index in [9.17, 15) is 0 Å². The highest BCUT2D eigenvalue weighted by molar-refractivity contribution is 14.0. The SMILES string of the molecule is CCNC(=NCCc1c[nH]c2c(CC)cccc12)N1CCC2(CCOC2)C1.I. The number of para-hydroxylation sites is 1. The molecule has 0 aliphatic carbocycles. The van der Waals surface area contributed by atoms with Gasteiger partial charge in [0.25, 0.3) is 0 Å². The lowest BCUT2D eigenvalue weighted by Gasteiger charge is -2.25. The van der Waals surface area contributed by atoms with Crippen molar-refractivity contribution in [3.05, 3.63) is 35.5 Å². The summed E-state index contributed by atoms with van der Waals surface area (Å²) in [5.41, 5.74) is 4.40. The second-order valence-electron chi connectivity index (χ2n) is 7.97. The van der Waals surface area contributed by atoms with Gasteiger partial charge in [0.15, 0.2) is 5.96 Å². The first-order valence-corrected chi connectivity index (χ1v) is 10.4. The monoisotopic (exact) mass is 496 g/mol. The van der Waals surface area contributed by atoms with Crippen molar-refractivity contribution >= 4 is 40.8 Å². The van der Waals surface area contributed by atoms with Gasteiger partial charge in [-0.05, 0) is 43.7 Å². The molecule has 6 heteroatoms. The molecule has 1 unspecified atom stereocenters. The second kappa shape index (κ2) is 9.48. The van der Waals surface area contributed by atoms with Crippen LogP contribution in [0.25, 0.3) is 10.9 Å². The number of fused-ring (bicyclic) bond motifs is 1. The molecule has 1 spiro atoms. The van der Waals surface area contributed by atoms with Crippen LogP contribution in [0.2, 0.25) is 0 Å². The molecule has 154 valence electrons. The molecule has 2 saturated heterocycles. The van der Waals surface area contributed by atoms with E-state index in [1.165, 1.54) is 34.9 Å². The summed E-state index contributed by atoms with van der Waals surface area (Å²) in [5.74, 6) is 1.07. The highest BCUT2D eigenvalue weighted by Gasteiger charge is 2.42. The van der Waals surface area contributed by atoms with Crippen LogP contribution >= 0.6 is 24.0 Å². The minimum atomic E-state index is 0. The summed E-state index contributed by atoms with van der Waals surface area (Å²) >= 11 is 0. The van der Waals surface area contributed by atoms with Gasteiger partial charge in [0.2, 0.25) is 0 Å². The van der Waals surface area contributed by atoms with Crippen molar-refractivity contribution in [1.29, 1.82) is 0 Å². The Hall–Kier alpha value is -1.28. The van der Waals surface area contributed by atoms with Crippen molar-refractivity contribution in [2.75, 3.05) is 39.4 Å². The van der Waals surface area contributed by atoms with Gasteiger partial charge in [0.05, 0.1) is 6.61 Å². The predicted molar refractivity (Wildman–Crippen MR) is 127 cm³/mol. The van der Waals surface area contributed by atoms with Crippen LogP contribution in [-0.4, -0.2) is 55.2 Å². The standard InChI is InChI=1S/C22H32N4O.HI/c1-3-17-6-5-7-19-18(14-25-20(17)19)8-11-24-21(23-4-2)26-12-9-22(15-26)10-13-27-16-22;/h5-7,14,25H,3-4,8-13,15-16H2,1-2H3,(H,23,24);1H. The quantitative estimate of drug-likeness (QED) is 0.374. The fourth-order valence-electron chi connectivity index (χ4n) is 4.57. The third kappa shape index (κ3) is 4.32. The number of hydrogen-bond donors (Lipinski definition) is 2. The Labute approximate surface area is 185 Å². The van der Waals surface area contributed by atoms with E-state index >= 15 is 0 Å². The summed E-state index contributed by atoms with van der Waals surface area (Å²) < 4.78 is 5.67. The molecule has 0 radical (unpaired) electrons. The number of nitrogens with one attached hydrogen (secondary N) is 2. The Morgan fingerprint density at radius 3 is 2.93 bits per heavy atom. The predicted octanol–water partition coefficient (Wildman–Crippen LogP) is 3.97. The molecule has 1 aromatic carbocycles. The summed E-state index contributed by atoms with van der Waals surface area (Å²) in [6.07, 6.45) is 6.59. The molecule has 0 saturated carbocycles. The number of halogens is 1. The molecule has 2 aliphatic rings. The maximum Gasteiger partial charge on any atom is 0.193 e. The van der Waals surface area contributed by atoms with Crippen LogP contribution in [0.4, 0.5) is 0 Å². The molecule has 0 amide bonds. The van der Waals surface area contributed by atoms with Gasteiger partial charge in [-0.15, -0.1) is 24.0 Å². The average molecular weight is 496 g/mol. The van der Waals surface area contributed by atoms with Crippen molar-refractivity contribution < 1.29 is 4.74 Å². The number of aromatic nitrogens is 1. The van der Waals surface area contributed by atoms with Gasteiger partial charge >= 0.3 is 0 Å². The van der Waals surface area contributed by atoms with E-state index in [1.807, 2.05) is 0 Å². The normalized spacial score (nSPS) is 22.2. The van der Waals surface area contributed by atoms with E-state index in [0.29, 0.717) is 5.41 Å². The third-order valence-corrected chi connectivity index (χ3v) is 6.17. The van der Waals surface area contributed by atoms with E-state index in [-0.39, 0.29) is 24.0 Å². The first-order chi connectivity index (χ1) is 13.2. The van der Waals surface area contributed by atoms with Gasteiger partial charge in [0, 0.05) is 55.3 Å². The van der Waals surface area contributed by atoms with Gasteiger partial charge in [-0.3, -0.25) is 4.99 Å². The van der Waals surface area contributed by atoms with Gasteiger partial charge in [-0.25, -0.2) is 0 Å². The summed E-state index contributed by atoms with van der Waals surface area (Å²) in [4.78, 5) is 10.9. The maximum absolute atomic E-state index is 5.67. The number of benzene rings is 1. The van der Waals surface area contributed by atoms with Crippen LogP contribution in [0, 0.1) is 5.41 Å². The van der Waals surface area contributed by atoms with Gasteiger partial charge in [0.1, 0.15) is 0 Å². The zero-order valence-electron chi connectivity index (χ0n) is 17.1. The molecule has 28 heavy (non-hydrogen) atoms. The number of likely N-dealkylation sites (tertiary alicyclic amines) is 1. The van der Waals surface area contributed by atoms with Gasteiger partial charge in [-0.1, -0.05) is 25.1 Å². The lowest BCUT2D eigenvalue weighted by Crippen LogP contribution is -2.41. The number of aromatic amines is 1. The van der Waals surface area contributed by atoms with E-state index in [2.05, 4.69) is 53.4 Å². The Bertz CT molecular complexity index is 810. The van der Waals surface area contributed by atoms with Crippen molar-refractivity contribution in [1.82, 2.24) is 15.2 Å². The fraction of sp³-hybridized carbons (Fsp3) is 0.591. The molecule has 4 rings (SSSR count). The molecule has 2 aliphatic heterocycles. The molecule has 2 N–H and O–H groups in total. The van der Waals surface area contributed by atoms with Crippen LogP contribution in [0.3, 0.4) is 0 Å². The summed E-state index contributed by atoms with van der Waals surface area (Å²) in [5, 5.41) is 4.84. The molecule has 1 atom stereocenters. The summed E-state index contributed by atoms with van der Waals surface area (Å²) in [6, 6.07) is 6.60. The maximum atomic E-state index is 5.67. The van der Waals surface area contributed by atoms with Crippen LogP contribution in [0.15, 0.2) is 29.4 Å². The fourth-order valence-corrected chi connectivity index (χ4v) is 4.57. The molecule has 1 aromatic heterocycles. The van der Waals surface area contributed by atoms with E-state index in [1.54, 1.807) is 0 Å². The topological polar surface area (TPSA) is 52.7 Å². The largest absolute Gasteiger partial charge is 0.381 e.